The summed E-state index contributed by atoms with van der Waals surface area (Å²) in [5, 5.41) is 1.97. The summed E-state index contributed by atoms with van der Waals surface area (Å²) < 4.78 is 0. The average Bonchev–Trinajstić information content (AvgIpc) is 1.61. The molecule has 0 saturated heterocycles. The van der Waals surface area contributed by atoms with Crippen LogP contribution in [0.25, 0.3) is 0 Å². The molecule has 0 aromatic carbocycles. The van der Waals surface area contributed by atoms with Crippen LogP contribution in [-0.2, 0) is 0 Å². The van der Waals surface area contributed by atoms with E-state index in [0.717, 1.165) is 12.5 Å². The molecule has 0 heterocycles. The molecular weight excluding hydrogens is 86.1 g/mol. The van der Waals surface area contributed by atoms with Gasteiger partial charge in [0.2, 0.25) is 0 Å². The van der Waals surface area contributed by atoms with Gasteiger partial charge in [0.15, 0.2) is 0 Å². The summed E-state index contributed by atoms with van der Waals surface area (Å²) in [4.78, 5) is 0. The van der Waals surface area contributed by atoms with Gasteiger partial charge in [0.05, 0.1) is 6.54 Å². The van der Waals surface area contributed by atoms with Crippen LogP contribution < -0.4 is 5.32 Å². The molecule has 2 N–H and O–H groups in total. The minimum Gasteiger partial charge on any atom is -0.479 e. The van der Waals surface area contributed by atoms with Gasteiger partial charge in [-0.05, 0) is 12.3 Å². The Morgan fingerprint density at radius 3 is 2.29 bits per heavy atom. The molecule has 7 heavy (non-hydrogen) atoms. The highest BCUT2D eigenvalue weighted by Gasteiger charge is 1.89. The molecular formula is C6H15N. The third-order valence-electron chi connectivity index (χ3n) is 0.948. The molecule has 0 atom stereocenters. The number of rotatable bonds is 3. The Bertz CT molecular complexity index is 33.2. The van der Waals surface area contributed by atoms with Gasteiger partial charge in [0.1, 0.15) is 0 Å². The first kappa shape index (κ1) is 6.96. The van der Waals surface area contributed by atoms with Crippen LogP contribution in [0.2, 0.25) is 0 Å². The van der Waals surface area contributed by atoms with Crippen molar-refractivity contribution in [3.63, 3.8) is 0 Å². The van der Waals surface area contributed by atoms with E-state index in [1.807, 2.05) is 5.32 Å². The predicted molar refractivity (Wildman–Crippen MR) is 31.6 cm³/mol. The quantitative estimate of drug-likeness (QED) is 0.495. The normalized spacial score (nSPS) is 10.3. The molecule has 0 aromatic heterocycles. The van der Waals surface area contributed by atoms with Crippen molar-refractivity contribution in [2.45, 2.75) is 20.3 Å². The number of hydrogen-bond donors (Lipinski definition) is 1. The summed E-state index contributed by atoms with van der Waals surface area (Å²) >= 11 is 0. The molecule has 0 amide bonds. The highest BCUT2D eigenvalue weighted by molar-refractivity contribution is 4.38. The Morgan fingerprint density at radius 2 is 2.14 bits per heavy atom. The molecule has 0 fully saturated rings. The van der Waals surface area contributed by atoms with E-state index >= 15 is 0 Å². The van der Waals surface area contributed by atoms with E-state index in [-0.39, 0.29) is 0 Å². The lowest BCUT2D eigenvalue weighted by Crippen LogP contribution is -2.77. The van der Waals surface area contributed by atoms with Gasteiger partial charge in [-0.2, -0.15) is 7.05 Å². The summed E-state index contributed by atoms with van der Waals surface area (Å²) in [6, 6.07) is 0. The molecule has 0 rings (SSSR count). The molecule has 0 aliphatic rings. The van der Waals surface area contributed by atoms with E-state index in [1.54, 1.807) is 0 Å². The van der Waals surface area contributed by atoms with Crippen LogP contribution in [-0.4, -0.2) is 6.54 Å². The minimum absolute atomic E-state index is 0.831. The van der Waals surface area contributed by atoms with E-state index in [4.69, 9.17) is 0 Å². The smallest absolute Gasteiger partial charge is 0.0517 e. The third kappa shape index (κ3) is 5.96. The Hall–Kier alpha value is -0.0400. The summed E-state index contributed by atoms with van der Waals surface area (Å²) in [6.45, 7) is 5.62. The lowest BCUT2D eigenvalue weighted by molar-refractivity contribution is -0.596. The Labute approximate surface area is 46.1 Å². The van der Waals surface area contributed by atoms with Crippen molar-refractivity contribution in [2.75, 3.05) is 6.54 Å². The second-order valence-electron chi connectivity index (χ2n) is 2.26. The highest BCUT2D eigenvalue weighted by Crippen LogP contribution is 1.93. The lowest BCUT2D eigenvalue weighted by Gasteiger charge is -2.01. The molecule has 0 radical (unpaired) electrons. The Kier molecular flexibility index (Phi) is 4.10. The predicted octanol–water partition coefficient (Wildman–Crippen LogP) is 0.387. The Morgan fingerprint density at radius 1 is 1.57 bits per heavy atom. The van der Waals surface area contributed by atoms with Crippen LogP contribution >= 0.6 is 0 Å². The molecule has 44 valence electrons. The lowest BCUT2D eigenvalue weighted by atomic mass is 10.1. The summed E-state index contributed by atoms with van der Waals surface area (Å²) in [7, 11) is 3.63. The fourth-order valence-electron chi connectivity index (χ4n) is 0.451. The monoisotopic (exact) mass is 101 g/mol. The van der Waals surface area contributed by atoms with E-state index in [9.17, 15) is 0 Å². The van der Waals surface area contributed by atoms with Crippen molar-refractivity contribution in [1.82, 2.24) is 0 Å². The molecule has 0 spiro atoms. The minimum atomic E-state index is 0.831. The van der Waals surface area contributed by atoms with Crippen molar-refractivity contribution >= 4 is 0 Å². The highest BCUT2D eigenvalue weighted by atomic mass is 14.8. The summed E-state index contributed by atoms with van der Waals surface area (Å²) in [5.41, 5.74) is 0. The summed E-state index contributed by atoms with van der Waals surface area (Å²) in [6.07, 6.45) is 1.28. The first-order chi connectivity index (χ1) is 3.27. The number of hydrogen-bond acceptors (Lipinski definition) is 0. The molecule has 0 aliphatic heterocycles. The standard InChI is InChI=1S/C6H15N/c1-6(2)4-5-7-3/h6H,3-5,7H2,1-2H3. The molecule has 0 saturated carbocycles. The van der Waals surface area contributed by atoms with Gasteiger partial charge >= 0.3 is 0 Å². The van der Waals surface area contributed by atoms with Crippen molar-refractivity contribution < 1.29 is 5.32 Å². The van der Waals surface area contributed by atoms with Gasteiger partial charge in [-0.3, -0.25) is 0 Å². The maximum absolute atomic E-state index is 3.63. The van der Waals surface area contributed by atoms with Gasteiger partial charge in [0, 0.05) is 0 Å². The van der Waals surface area contributed by atoms with Crippen LogP contribution in [0.4, 0.5) is 0 Å². The zero-order valence-electron chi connectivity index (χ0n) is 5.28. The number of nitrogens with two attached hydrogens (primary N) is 1. The maximum atomic E-state index is 3.63. The molecule has 1 nitrogen and oxygen atoms in total. The van der Waals surface area contributed by atoms with Crippen LogP contribution in [0.3, 0.4) is 0 Å². The largest absolute Gasteiger partial charge is 0.479 e. The SMILES string of the molecule is [CH2-][NH2+]CCC(C)C. The van der Waals surface area contributed by atoms with Crippen LogP contribution in [0.1, 0.15) is 20.3 Å². The third-order valence-corrected chi connectivity index (χ3v) is 0.948. The molecule has 0 unspecified atom stereocenters. The van der Waals surface area contributed by atoms with Gasteiger partial charge < -0.3 is 5.32 Å². The zero-order valence-corrected chi connectivity index (χ0v) is 5.28. The van der Waals surface area contributed by atoms with Crippen LogP contribution in [0, 0.1) is 13.0 Å². The van der Waals surface area contributed by atoms with Crippen LogP contribution in [0.15, 0.2) is 0 Å². The van der Waals surface area contributed by atoms with E-state index in [0.29, 0.717) is 0 Å². The van der Waals surface area contributed by atoms with Crippen molar-refractivity contribution in [3.8, 4) is 0 Å². The van der Waals surface area contributed by atoms with E-state index in [2.05, 4.69) is 20.9 Å². The van der Waals surface area contributed by atoms with Crippen molar-refractivity contribution in [2.24, 2.45) is 5.92 Å². The molecule has 0 aliphatic carbocycles. The van der Waals surface area contributed by atoms with Gasteiger partial charge in [0.25, 0.3) is 0 Å². The topological polar surface area (TPSA) is 16.6 Å². The first-order valence-electron chi connectivity index (χ1n) is 2.88. The van der Waals surface area contributed by atoms with Gasteiger partial charge in [-0.15, -0.1) is 0 Å². The van der Waals surface area contributed by atoms with E-state index in [1.165, 1.54) is 6.42 Å². The number of quaternary nitrogens is 1. The average molecular weight is 101 g/mol. The van der Waals surface area contributed by atoms with Crippen LogP contribution in [0.5, 0.6) is 0 Å². The molecule has 0 aromatic rings. The van der Waals surface area contributed by atoms with E-state index < -0.39 is 0 Å². The van der Waals surface area contributed by atoms with Crippen molar-refractivity contribution in [1.29, 1.82) is 0 Å². The maximum Gasteiger partial charge on any atom is 0.0517 e. The fourth-order valence-corrected chi connectivity index (χ4v) is 0.451. The molecule has 1 heteroatoms. The second-order valence-corrected chi connectivity index (χ2v) is 2.26. The zero-order chi connectivity index (χ0) is 5.70. The van der Waals surface area contributed by atoms with Crippen molar-refractivity contribution in [3.05, 3.63) is 7.05 Å². The van der Waals surface area contributed by atoms with Gasteiger partial charge in [-0.25, -0.2) is 0 Å². The molecule has 0 bridgehead atoms. The fraction of sp³-hybridized carbons (Fsp3) is 0.833. The first-order valence-corrected chi connectivity index (χ1v) is 2.88. The van der Waals surface area contributed by atoms with Gasteiger partial charge in [-0.1, -0.05) is 13.8 Å². The Balaban J connectivity index is 2.68. The second kappa shape index (κ2) is 4.13. The summed E-state index contributed by atoms with van der Waals surface area (Å²) in [5.74, 6) is 0.831.